The van der Waals surface area contributed by atoms with Crippen LogP contribution in [0, 0.1) is 11.7 Å². The van der Waals surface area contributed by atoms with Crippen LogP contribution in [0.4, 0.5) is 4.39 Å². The third kappa shape index (κ3) is 4.17. The van der Waals surface area contributed by atoms with Crippen LogP contribution in [-0.4, -0.2) is 33.0 Å². The van der Waals surface area contributed by atoms with E-state index in [1.807, 2.05) is 7.05 Å². The molecule has 1 heterocycles. The zero-order valence-electron chi connectivity index (χ0n) is 11.4. The van der Waals surface area contributed by atoms with Gasteiger partial charge in [-0.2, -0.15) is 0 Å². The maximum absolute atomic E-state index is 13.1. The van der Waals surface area contributed by atoms with E-state index in [1.165, 1.54) is 6.07 Å². The van der Waals surface area contributed by atoms with Crippen molar-refractivity contribution < 1.29 is 12.8 Å². The van der Waals surface area contributed by atoms with Crippen LogP contribution in [0.2, 0.25) is 5.02 Å². The highest BCUT2D eigenvalue weighted by molar-refractivity contribution is 7.91. The van der Waals surface area contributed by atoms with Crippen molar-refractivity contribution in [1.29, 1.82) is 0 Å². The summed E-state index contributed by atoms with van der Waals surface area (Å²) >= 11 is 5.77. The molecule has 2 atom stereocenters. The Hall–Kier alpha value is -0.650. The van der Waals surface area contributed by atoms with Gasteiger partial charge in [-0.15, -0.1) is 0 Å². The minimum Gasteiger partial charge on any atom is -0.317 e. The van der Waals surface area contributed by atoms with Crippen molar-refractivity contribution >= 4 is 21.4 Å². The highest BCUT2D eigenvalue weighted by Gasteiger charge is 2.29. The monoisotopic (exact) mass is 319 g/mol. The third-order valence-corrected chi connectivity index (χ3v) is 5.95. The Morgan fingerprint density at radius 2 is 2.25 bits per heavy atom. The molecule has 3 nitrogen and oxygen atoms in total. The Morgan fingerprint density at radius 1 is 1.50 bits per heavy atom. The van der Waals surface area contributed by atoms with E-state index in [1.54, 1.807) is 12.1 Å². The second-order valence-corrected chi connectivity index (χ2v) is 8.08. The molecular weight excluding hydrogens is 301 g/mol. The molecule has 0 aliphatic carbocycles. The molecule has 1 saturated heterocycles. The van der Waals surface area contributed by atoms with Crippen LogP contribution in [0.3, 0.4) is 0 Å². The number of nitrogens with one attached hydrogen (secondary N) is 1. The van der Waals surface area contributed by atoms with E-state index in [2.05, 4.69) is 5.32 Å². The number of sulfone groups is 1. The molecule has 2 unspecified atom stereocenters. The van der Waals surface area contributed by atoms with Crippen LogP contribution in [0.15, 0.2) is 18.2 Å². The average Bonchev–Trinajstić information content (AvgIpc) is 2.72. The molecule has 1 aromatic rings. The highest BCUT2D eigenvalue weighted by atomic mass is 35.5. The van der Waals surface area contributed by atoms with Gasteiger partial charge in [0.2, 0.25) is 0 Å². The van der Waals surface area contributed by atoms with Crippen molar-refractivity contribution in [2.75, 3.05) is 18.6 Å². The molecule has 0 amide bonds. The molecule has 6 heteroatoms. The normalized spacial score (nSPS) is 22.9. The van der Waals surface area contributed by atoms with Crippen LogP contribution in [0.25, 0.3) is 0 Å². The van der Waals surface area contributed by atoms with Crippen molar-refractivity contribution in [3.05, 3.63) is 34.6 Å². The summed E-state index contributed by atoms with van der Waals surface area (Å²) in [6.07, 6.45) is 2.27. The molecule has 0 saturated carbocycles. The Balaban J connectivity index is 1.97. The van der Waals surface area contributed by atoms with Crippen molar-refractivity contribution in [3.63, 3.8) is 0 Å². The fourth-order valence-corrected chi connectivity index (χ4v) is 4.80. The molecule has 1 fully saturated rings. The molecule has 1 aliphatic rings. The van der Waals surface area contributed by atoms with Gasteiger partial charge < -0.3 is 5.32 Å². The molecule has 2 rings (SSSR count). The van der Waals surface area contributed by atoms with Gasteiger partial charge in [-0.3, -0.25) is 0 Å². The van der Waals surface area contributed by atoms with Gasteiger partial charge >= 0.3 is 0 Å². The van der Waals surface area contributed by atoms with Crippen molar-refractivity contribution in [2.45, 2.75) is 25.3 Å². The van der Waals surface area contributed by atoms with Crippen LogP contribution in [0.1, 0.15) is 18.4 Å². The first kappa shape index (κ1) is 15.7. The van der Waals surface area contributed by atoms with Crippen LogP contribution in [0.5, 0.6) is 0 Å². The summed E-state index contributed by atoms with van der Waals surface area (Å²) in [6, 6.07) is 4.89. The lowest BCUT2D eigenvalue weighted by molar-refractivity contribution is 0.424. The summed E-state index contributed by atoms with van der Waals surface area (Å²) in [5.41, 5.74) is 0.955. The second kappa shape index (κ2) is 6.41. The highest BCUT2D eigenvalue weighted by Crippen LogP contribution is 2.24. The fourth-order valence-electron chi connectivity index (χ4n) is 2.71. The number of hydrogen-bond donors (Lipinski definition) is 1. The van der Waals surface area contributed by atoms with Crippen LogP contribution < -0.4 is 5.32 Å². The lowest BCUT2D eigenvalue weighted by Gasteiger charge is -2.19. The van der Waals surface area contributed by atoms with E-state index in [0.717, 1.165) is 18.4 Å². The smallest absolute Gasteiger partial charge is 0.150 e. The van der Waals surface area contributed by atoms with Gasteiger partial charge in [0, 0.05) is 6.04 Å². The molecule has 0 radical (unpaired) electrons. The fraction of sp³-hybridized carbons (Fsp3) is 0.571. The summed E-state index contributed by atoms with van der Waals surface area (Å²) in [6.45, 7) is 0. The largest absolute Gasteiger partial charge is 0.317 e. The third-order valence-electron chi connectivity index (χ3n) is 3.82. The average molecular weight is 320 g/mol. The Bertz CT molecular complexity index is 577. The summed E-state index contributed by atoms with van der Waals surface area (Å²) < 4.78 is 36.1. The number of likely N-dealkylation sites (N-methyl/N-ethyl adjacent to an activating group) is 1. The maximum atomic E-state index is 13.1. The number of hydrogen-bond acceptors (Lipinski definition) is 3. The number of halogens is 2. The second-order valence-electron chi connectivity index (χ2n) is 5.44. The van der Waals surface area contributed by atoms with E-state index in [-0.39, 0.29) is 22.7 Å². The Labute approximate surface area is 124 Å². The summed E-state index contributed by atoms with van der Waals surface area (Å²) in [5.74, 6) is 0.387. The molecule has 0 spiro atoms. The molecule has 112 valence electrons. The SMILES string of the molecule is CNC(Cc1ccc(F)c(Cl)c1)CC1CCS(=O)(=O)C1. The van der Waals surface area contributed by atoms with Gasteiger partial charge in [0.25, 0.3) is 0 Å². The first-order chi connectivity index (χ1) is 9.39. The van der Waals surface area contributed by atoms with Gasteiger partial charge in [0.05, 0.1) is 16.5 Å². The Kier molecular flexibility index (Phi) is 5.04. The predicted molar refractivity (Wildman–Crippen MR) is 79.3 cm³/mol. The minimum absolute atomic E-state index is 0.126. The first-order valence-corrected chi connectivity index (χ1v) is 8.91. The molecule has 0 bridgehead atoms. The van der Waals surface area contributed by atoms with E-state index in [0.29, 0.717) is 12.2 Å². The van der Waals surface area contributed by atoms with Crippen molar-refractivity contribution in [3.8, 4) is 0 Å². The summed E-state index contributed by atoms with van der Waals surface area (Å²) in [7, 11) is -0.973. The van der Waals surface area contributed by atoms with Crippen molar-refractivity contribution in [1.82, 2.24) is 5.32 Å². The summed E-state index contributed by atoms with van der Waals surface area (Å²) in [5, 5.41) is 3.33. The molecule has 1 N–H and O–H groups in total. The standard InChI is InChI=1S/C14H19ClFNO2S/c1-17-12(7-11-4-5-20(18,19)9-11)6-10-2-3-14(16)13(15)8-10/h2-3,8,11-12,17H,4-7,9H2,1H3. The first-order valence-electron chi connectivity index (χ1n) is 6.71. The number of benzene rings is 1. The summed E-state index contributed by atoms with van der Waals surface area (Å²) in [4.78, 5) is 0. The lowest BCUT2D eigenvalue weighted by Crippen LogP contribution is -2.30. The van der Waals surface area contributed by atoms with Crippen molar-refractivity contribution in [2.24, 2.45) is 5.92 Å². The van der Waals surface area contributed by atoms with Gasteiger partial charge in [-0.1, -0.05) is 17.7 Å². The lowest BCUT2D eigenvalue weighted by atomic mass is 9.95. The molecule has 20 heavy (non-hydrogen) atoms. The van der Waals surface area contributed by atoms with Gasteiger partial charge in [-0.05, 0) is 49.9 Å². The van der Waals surface area contributed by atoms with Crippen LogP contribution >= 0.6 is 11.6 Å². The van der Waals surface area contributed by atoms with E-state index in [4.69, 9.17) is 11.6 Å². The van der Waals surface area contributed by atoms with E-state index < -0.39 is 15.7 Å². The quantitative estimate of drug-likeness (QED) is 0.906. The van der Waals surface area contributed by atoms with Gasteiger partial charge in [0.1, 0.15) is 5.82 Å². The van der Waals surface area contributed by atoms with E-state index >= 15 is 0 Å². The predicted octanol–water partition coefficient (Wildman–Crippen LogP) is 2.43. The van der Waals surface area contributed by atoms with Gasteiger partial charge in [-0.25, -0.2) is 12.8 Å². The molecule has 1 aliphatic heterocycles. The van der Waals surface area contributed by atoms with Gasteiger partial charge in [0.15, 0.2) is 9.84 Å². The van der Waals surface area contributed by atoms with Crippen LogP contribution in [-0.2, 0) is 16.3 Å². The topological polar surface area (TPSA) is 46.2 Å². The minimum atomic E-state index is -2.83. The Morgan fingerprint density at radius 3 is 2.80 bits per heavy atom. The van der Waals surface area contributed by atoms with E-state index in [9.17, 15) is 12.8 Å². The number of rotatable bonds is 5. The molecule has 0 aromatic heterocycles. The molecule has 1 aromatic carbocycles. The zero-order chi connectivity index (χ0) is 14.8. The molecular formula is C14H19ClFNO2S. The zero-order valence-corrected chi connectivity index (χ0v) is 13.0. The maximum Gasteiger partial charge on any atom is 0.150 e.